The quantitative estimate of drug-likeness (QED) is 0.720. The Morgan fingerprint density at radius 1 is 1.32 bits per heavy atom. The Hall–Kier alpha value is -2.31. The molecule has 25 heavy (non-hydrogen) atoms. The Labute approximate surface area is 155 Å². The van der Waals surface area contributed by atoms with Crippen molar-refractivity contribution in [2.24, 2.45) is 0 Å². The van der Waals surface area contributed by atoms with Gasteiger partial charge in [-0.2, -0.15) is 0 Å². The van der Waals surface area contributed by atoms with E-state index in [0.717, 1.165) is 32.3 Å². The fourth-order valence-electron chi connectivity index (χ4n) is 2.46. The van der Waals surface area contributed by atoms with Crippen LogP contribution >= 0.6 is 22.9 Å². The standard InChI is InChI=1S/C18H18ClN3O2S/c1-11-12(19)6-4-7-13(11)20-16(23)10-22(2)18-21-17-14(24-3)8-5-9-15(17)25-18/h4-9H,10H2,1-3H3,(H,20,23). The molecule has 0 unspecified atom stereocenters. The molecule has 3 aromatic rings. The first-order chi connectivity index (χ1) is 12.0. The number of carbonyl (C=O) groups excluding carboxylic acids is 1. The number of benzene rings is 2. The van der Waals surface area contributed by atoms with E-state index < -0.39 is 0 Å². The Balaban J connectivity index is 1.74. The van der Waals surface area contributed by atoms with Crippen molar-refractivity contribution in [1.82, 2.24) is 4.98 Å². The number of para-hydroxylation sites is 1. The summed E-state index contributed by atoms with van der Waals surface area (Å²) in [5, 5.41) is 4.29. The van der Waals surface area contributed by atoms with E-state index >= 15 is 0 Å². The number of nitrogens with one attached hydrogen (secondary N) is 1. The lowest BCUT2D eigenvalue weighted by Gasteiger charge is -2.16. The summed E-state index contributed by atoms with van der Waals surface area (Å²) in [6.07, 6.45) is 0. The zero-order chi connectivity index (χ0) is 18.0. The number of methoxy groups -OCH3 is 1. The van der Waals surface area contributed by atoms with Crippen LogP contribution in [0.25, 0.3) is 10.2 Å². The van der Waals surface area contributed by atoms with Gasteiger partial charge >= 0.3 is 0 Å². The number of aromatic nitrogens is 1. The Morgan fingerprint density at radius 2 is 2.08 bits per heavy atom. The molecule has 7 heteroatoms. The second-order valence-electron chi connectivity index (χ2n) is 5.62. The Morgan fingerprint density at radius 3 is 2.84 bits per heavy atom. The largest absolute Gasteiger partial charge is 0.494 e. The number of hydrogen-bond acceptors (Lipinski definition) is 5. The minimum Gasteiger partial charge on any atom is -0.494 e. The minimum atomic E-state index is -0.126. The van der Waals surface area contributed by atoms with Crippen LogP contribution in [0.2, 0.25) is 5.02 Å². The number of halogens is 1. The van der Waals surface area contributed by atoms with Crippen molar-refractivity contribution >= 4 is 49.9 Å². The van der Waals surface area contributed by atoms with E-state index in [-0.39, 0.29) is 12.5 Å². The molecule has 0 aliphatic rings. The van der Waals surface area contributed by atoms with Crippen molar-refractivity contribution in [1.29, 1.82) is 0 Å². The lowest BCUT2D eigenvalue weighted by Crippen LogP contribution is -2.30. The molecule has 0 saturated carbocycles. The van der Waals surface area contributed by atoms with Crippen molar-refractivity contribution < 1.29 is 9.53 Å². The molecule has 130 valence electrons. The maximum Gasteiger partial charge on any atom is 0.243 e. The predicted octanol–water partition coefficient (Wildman–Crippen LogP) is 4.34. The van der Waals surface area contributed by atoms with Gasteiger partial charge in [0.2, 0.25) is 5.91 Å². The molecule has 1 amide bonds. The zero-order valence-corrected chi connectivity index (χ0v) is 15.7. The summed E-state index contributed by atoms with van der Waals surface area (Å²) in [6, 6.07) is 11.2. The van der Waals surface area contributed by atoms with Gasteiger partial charge in [0.05, 0.1) is 18.4 Å². The van der Waals surface area contributed by atoms with E-state index in [9.17, 15) is 4.79 Å². The first kappa shape index (κ1) is 17.5. The molecule has 1 heterocycles. The van der Waals surface area contributed by atoms with Crippen LogP contribution < -0.4 is 15.0 Å². The number of rotatable bonds is 5. The number of nitrogens with zero attached hydrogens (tertiary/aromatic N) is 2. The molecule has 0 aliphatic carbocycles. The number of amides is 1. The second kappa shape index (κ2) is 7.29. The van der Waals surface area contributed by atoms with E-state index in [1.165, 1.54) is 11.3 Å². The van der Waals surface area contributed by atoms with Gasteiger partial charge in [-0.05, 0) is 36.8 Å². The Kier molecular flexibility index (Phi) is 5.11. The normalized spacial score (nSPS) is 10.7. The molecule has 0 fully saturated rings. The summed E-state index contributed by atoms with van der Waals surface area (Å²) < 4.78 is 6.36. The van der Waals surface area contributed by atoms with Crippen LogP contribution in [0.3, 0.4) is 0 Å². The molecule has 1 aromatic heterocycles. The SMILES string of the molecule is COc1cccc2sc(N(C)CC(=O)Nc3cccc(Cl)c3C)nc12. The van der Waals surface area contributed by atoms with Gasteiger partial charge in [0.25, 0.3) is 0 Å². The molecule has 1 N–H and O–H groups in total. The van der Waals surface area contributed by atoms with Gasteiger partial charge < -0.3 is 15.0 Å². The topological polar surface area (TPSA) is 54.5 Å². The number of likely N-dealkylation sites (N-methyl/N-ethyl adjacent to an activating group) is 1. The summed E-state index contributed by atoms with van der Waals surface area (Å²) in [7, 11) is 3.47. The summed E-state index contributed by atoms with van der Waals surface area (Å²) in [6.45, 7) is 2.07. The van der Waals surface area contributed by atoms with Crippen molar-refractivity contribution in [3.05, 3.63) is 47.0 Å². The average molecular weight is 376 g/mol. The van der Waals surface area contributed by atoms with Crippen molar-refractivity contribution in [3.8, 4) is 5.75 Å². The second-order valence-corrected chi connectivity index (χ2v) is 7.04. The number of fused-ring (bicyclic) bond motifs is 1. The van der Waals surface area contributed by atoms with Gasteiger partial charge in [0.1, 0.15) is 11.3 Å². The summed E-state index contributed by atoms with van der Waals surface area (Å²) in [4.78, 5) is 18.8. The molecule has 0 bridgehead atoms. The molecule has 0 spiro atoms. The number of anilines is 2. The van der Waals surface area contributed by atoms with Crippen LogP contribution in [0.5, 0.6) is 5.75 Å². The van der Waals surface area contributed by atoms with Crippen LogP contribution in [-0.2, 0) is 4.79 Å². The van der Waals surface area contributed by atoms with E-state index in [1.54, 1.807) is 13.2 Å². The van der Waals surface area contributed by atoms with Crippen LogP contribution in [0.4, 0.5) is 10.8 Å². The zero-order valence-electron chi connectivity index (χ0n) is 14.2. The lowest BCUT2D eigenvalue weighted by atomic mass is 10.2. The van der Waals surface area contributed by atoms with Crippen LogP contribution in [-0.4, -0.2) is 31.6 Å². The van der Waals surface area contributed by atoms with Crippen molar-refractivity contribution in [2.45, 2.75) is 6.92 Å². The summed E-state index contributed by atoms with van der Waals surface area (Å²) >= 11 is 7.61. The third-order valence-electron chi connectivity index (χ3n) is 3.84. The molecule has 3 rings (SSSR count). The third kappa shape index (κ3) is 3.70. The highest BCUT2D eigenvalue weighted by Crippen LogP contribution is 2.33. The smallest absolute Gasteiger partial charge is 0.243 e. The molecule has 0 aliphatic heterocycles. The van der Waals surface area contributed by atoms with Gasteiger partial charge in [0, 0.05) is 17.8 Å². The van der Waals surface area contributed by atoms with Crippen LogP contribution in [0.15, 0.2) is 36.4 Å². The molecule has 0 saturated heterocycles. The summed E-state index contributed by atoms with van der Waals surface area (Å²) in [5.74, 6) is 0.603. The van der Waals surface area contributed by atoms with Gasteiger partial charge in [-0.1, -0.05) is 35.1 Å². The van der Waals surface area contributed by atoms with Gasteiger partial charge in [-0.15, -0.1) is 0 Å². The van der Waals surface area contributed by atoms with Crippen molar-refractivity contribution in [2.75, 3.05) is 30.9 Å². The van der Waals surface area contributed by atoms with E-state index in [2.05, 4.69) is 10.3 Å². The van der Waals surface area contributed by atoms with Crippen LogP contribution in [0, 0.1) is 6.92 Å². The number of ether oxygens (including phenoxy) is 1. The molecular formula is C18H18ClN3O2S. The Bertz CT molecular complexity index is 926. The number of carbonyl (C=O) groups is 1. The predicted molar refractivity (Wildman–Crippen MR) is 104 cm³/mol. The summed E-state index contributed by atoms with van der Waals surface area (Å²) in [5.41, 5.74) is 2.38. The molecule has 0 radical (unpaired) electrons. The van der Waals surface area contributed by atoms with E-state index in [4.69, 9.17) is 16.3 Å². The maximum absolute atomic E-state index is 12.4. The maximum atomic E-state index is 12.4. The first-order valence-corrected chi connectivity index (χ1v) is 8.88. The highest BCUT2D eigenvalue weighted by atomic mass is 35.5. The van der Waals surface area contributed by atoms with E-state index in [1.807, 2.05) is 49.2 Å². The number of hydrogen-bond donors (Lipinski definition) is 1. The highest BCUT2D eigenvalue weighted by molar-refractivity contribution is 7.22. The third-order valence-corrected chi connectivity index (χ3v) is 5.38. The van der Waals surface area contributed by atoms with Crippen molar-refractivity contribution in [3.63, 3.8) is 0 Å². The minimum absolute atomic E-state index is 0.126. The molecule has 5 nitrogen and oxygen atoms in total. The average Bonchev–Trinajstić information content (AvgIpc) is 3.03. The molecule has 0 atom stereocenters. The van der Waals surface area contributed by atoms with E-state index in [0.29, 0.717) is 5.02 Å². The number of thiazole rings is 1. The fraction of sp³-hybridized carbons (Fsp3) is 0.222. The van der Waals surface area contributed by atoms with Crippen LogP contribution in [0.1, 0.15) is 5.56 Å². The first-order valence-electron chi connectivity index (χ1n) is 7.69. The molecule has 2 aromatic carbocycles. The van der Waals surface area contributed by atoms with Gasteiger partial charge in [-0.3, -0.25) is 4.79 Å². The monoisotopic (exact) mass is 375 g/mol. The highest BCUT2D eigenvalue weighted by Gasteiger charge is 2.15. The van der Waals surface area contributed by atoms with Gasteiger partial charge in [0.15, 0.2) is 5.13 Å². The lowest BCUT2D eigenvalue weighted by molar-refractivity contribution is -0.114. The fourth-order valence-corrected chi connectivity index (χ4v) is 3.57. The molecular weight excluding hydrogens is 358 g/mol. The van der Waals surface area contributed by atoms with Gasteiger partial charge in [-0.25, -0.2) is 4.98 Å².